The summed E-state index contributed by atoms with van der Waals surface area (Å²) in [5.41, 5.74) is 4.13. The Morgan fingerprint density at radius 2 is 1.95 bits per heavy atom. The zero-order valence-electron chi connectivity index (χ0n) is 25.0. The van der Waals surface area contributed by atoms with E-state index >= 15 is 0 Å². The van der Waals surface area contributed by atoms with E-state index in [2.05, 4.69) is 31.8 Å². The van der Waals surface area contributed by atoms with E-state index in [0.717, 1.165) is 54.3 Å². The zero-order chi connectivity index (χ0) is 29.3. The highest BCUT2D eigenvalue weighted by Crippen LogP contribution is 2.70. The average molecular weight is 584 g/mol. The van der Waals surface area contributed by atoms with Crippen LogP contribution in [0.5, 0.6) is 5.75 Å². The number of nitrogens with zero attached hydrogens (tertiary/aromatic N) is 3. The molecular formula is C35H41N3O3S. The van der Waals surface area contributed by atoms with E-state index < -0.39 is 11.5 Å². The van der Waals surface area contributed by atoms with Gasteiger partial charge in [0.2, 0.25) is 0 Å². The van der Waals surface area contributed by atoms with E-state index in [1.165, 1.54) is 11.1 Å². The van der Waals surface area contributed by atoms with Crippen molar-refractivity contribution >= 4 is 23.6 Å². The maximum absolute atomic E-state index is 13.9. The number of allylic oxidation sites excluding steroid dienone is 1. The normalized spacial score (nSPS) is 34.9. The molecule has 4 aliphatic rings. The molecule has 220 valence electrons. The van der Waals surface area contributed by atoms with E-state index in [9.17, 15) is 9.90 Å². The number of fused-ring (bicyclic) bond motifs is 6. The number of hydrogen-bond donors (Lipinski definition) is 1. The van der Waals surface area contributed by atoms with E-state index in [-0.39, 0.29) is 16.7 Å². The standard InChI is InChI=1S/C35H41N3O3S/c1-33-18-22-20-37-38(24-9-11-25(41-4)12-10-24)28(22)17-23(33)8-13-26-27-14-15-34(2,35(27,3)19-29(39)32(26)33)30(40)21-42-31-7-5-6-16-36-31/h5-7,9-12,16-17,20,26-27,29,32,39H,8,13-15,18-19,21H2,1-4H3. The fourth-order valence-electron chi connectivity index (χ4n) is 9.55. The van der Waals surface area contributed by atoms with Crippen molar-refractivity contribution in [2.75, 3.05) is 12.9 Å². The third kappa shape index (κ3) is 4.06. The number of pyridine rings is 1. The van der Waals surface area contributed by atoms with Crippen LogP contribution in [0.15, 0.2) is 65.5 Å². The number of aromatic nitrogens is 3. The van der Waals surface area contributed by atoms with E-state index in [1.807, 2.05) is 53.3 Å². The van der Waals surface area contributed by atoms with Crippen LogP contribution in [-0.4, -0.2) is 44.6 Å². The molecule has 1 N–H and O–H groups in total. The molecular weight excluding hydrogens is 542 g/mol. The smallest absolute Gasteiger partial charge is 0.149 e. The first-order valence-corrected chi connectivity index (χ1v) is 16.3. The molecule has 7 atom stereocenters. The number of ether oxygens (including phenoxy) is 1. The second kappa shape index (κ2) is 10.1. The number of benzene rings is 1. The molecule has 0 spiro atoms. The minimum Gasteiger partial charge on any atom is -0.497 e. The van der Waals surface area contributed by atoms with Gasteiger partial charge in [0.15, 0.2) is 0 Å². The minimum absolute atomic E-state index is 0.109. The van der Waals surface area contributed by atoms with Crippen LogP contribution in [0.4, 0.5) is 0 Å². The van der Waals surface area contributed by atoms with Crippen LogP contribution in [-0.2, 0) is 11.2 Å². The number of thioether (sulfide) groups is 1. The second-order valence-electron chi connectivity index (χ2n) is 13.7. The van der Waals surface area contributed by atoms with Gasteiger partial charge in [0.1, 0.15) is 11.5 Å². The third-order valence-corrected chi connectivity index (χ3v) is 12.9. The highest BCUT2D eigenvalue weighted by molar-refractivity contribution is 7.99. The molecule has 3 fully saturated rings. The van der Waals surface area contributed by atoms with Crippen molar-refractivity contribution in [3.05, 3.63) is 71.7 Å². The SMILES string of the molecule is COc1ccc(-n2ncc3c2C=C2CCC4C(C(O)CC5(C)C4CCC5(C)C(=O)CSc4ccccn4)C2(C)C3)cc1. The number of ketones is 1. The van der Waals surface area contributed by atoms with Crippen LogP contribution < -0.4 is 4.74 Å². The first-order chi connectivity index (χ1) is 20.2. The molecule has 0 saturated heterocycles. The number of hydrogen-bond acceptors (Lipinski definition) is 6. The van der Waals surface area contributed by atoms with Gasteiger partial charge in [0, 0.05) is 11.6 Å². The Hall–Kier alpha value is -2.90. The van der Waals surface area contributed by atoms with Gasteiger partial charge in [-0.3, -0.25) is 4.79 Å². The number of carbonyl (C=O) groups excluding carboxylic acids is 1. The first-order valence-electron chi connectivity index (χ1n) is 15.4. The number of aliphatic hydroxyl groups excluding tert-OH is 1. The average Bonchev–Trinajstić information content (AvgIpc) is 3.52. The van der Waals surface area contributed by atoms with Gasteiger partial charge in [-0.2, -0.15) is 5.10 Å². The summed E-state index contributed by atoms with van der Waals surface area (Å²) in [6.45, 7) is 6.90. The fraction of sp³-hybridized carbons (Fsp3) is 0.514. The van der Waals surface area contributed by atoms with Crippen molar-refractivity contribution in [1.82, 2.24) is 14.8 Å². The summed E-state index contributed by atoms with van der Waals surface area (Å²) >= 11 is 1.54. The molecule has 7 rings (SSSR count). The highest BCUT2D eigenvalue weighted by Gasteiger charge is 2.66. The van der Waals surface area contributed by atoms with Crippen molar-refractivity contribution in [1.29, 1.82) is 0 Å². The third-order valence-electron chi connectivity index (χ3n) is 12.0. The van der Waals surface area contributed by atoms with Crippen LogP contribution in [0.2, 0.25) is 0 Å². The Balaban J connectivity index is 1.15. The van der Waals surface area contributed by atoms with Gasteiger partial charge in [0.05, 0.1) is 41.6 Å². The van der Waals surface area contributed by atoms with Crippen LogP contribution in [0.25, 0.3) is 11.8 Å². The summed E-state index contributed by atoms with van der Waals surface area (Å²) in [5, 5.41) is 17.7. The number of methoxy groups -OCH3 is 1. The molecule has 0 aliphatic heterocycles. The first kappa shape index (κ1) is 27.9. The molecule has 4 aliphatic carbocycles. The topological polar surface area (TPSA) is 77.2 Å². The molecule has 1 aromatic carbocycles. The minimum atomic E-state index is -0.434. The molecule has 7 unspecified atom stereocenters. The molecule has 0 radical (unpaired) electrons. The Labute approximate surface area is 253 Å². The summed E-state index contributed by atoms with van der Waals surface area (Å²) in [7, 11) is 1.68. The van der Waals surface area contributed by atoms with Crippen molar-refractivity contribution in [2.45, 2.75) is 70.4 Å². The monoisotopic (exact) mass is 583 g/mol. The lowest BCUT2D eigenvalue weighted by Gasteiger charge is -2.61. The molecule has 7 heteroatoms. The number of aliphatic hydroxyl groups is 1. The van der Waals surface area contributed by atoms with Gasteiger partial charge in [-0.15, -0.1) is 0 Å². The lowest BCUT2D eigenvalue weighted by atomic mass is 9.44. The summed E-state index contributed by atoms with van der Waals surface area (Å²) < 4.78 is 7.39. The molecule has 3 saturated carbocycles. The molecule has 2 aromatic heterocycles. The van der Waals surface area contributed by atoms with E-state index in [1.54, 1.807) is 25.1 Å². The van der Waals surface area contributed by atoms with Crippen LogP contribution in [0.1, 0.15) is 64.1 Å². The molecule has 0 amide bonds. The van der Waals surface area contributed by atoms with Crippen molar-refractivity contribution in [3.63, 3.8) is 0 Å². The fourth-order valence-corrected chi connectivity index (χ4v) is 10.5. The Morgan fingerprint density at radius 3 is 2.69 bits per heavy atom. The Kier molecular flexibility index (Phi) is 6.70. The highest BCUT2D eigenvalue weighted by atomic mass is 32.2. The quantitative estimate of drug-likeness (QED) is 0.322. The van der Waals surface area contributed by atoms with Crippen molar-refractivity contribution in [3.8, 4) is 11.4 Å². The predicted octanol–water partition coefficient (Wildman–Crippen LogP) is 6.80. The number of Topliss-reactive ketones (excluding diaryl/α,β-unsaturated/α-hetero) is 1. The van der Waals surface area contributed by atoms with Gasteiger partial charge < -0.3 is 9.84 Å². The lowest BCUT2D eigenvalue weighted by Crippen LogP contribution is -2.59. The summed E-state index contributed by atoms with van der Waals surface area (Å²) in [6.07, 6.45) is 11.4. The number of rotatable bonds is 6. The van der Waals surface area contributed by atoms with Gasteiger partial charge >= 0.3 is 0 Å². The Morgan fingerprint density at radius 1 is 1.14 bits per heavy atom. The second-order valence-corrected chi connectivity index (χ2v) is 14.7. The van der Waals surface area contributed by atoms with Gasteiger partial charge in [0.25, 0.3) is 0 Å². The zero-order valence-corrected chi connectivity index (χ0v) is 25.9. The largest absolute Gasteiger partial charge is 0.497 e. The van der Waals surface area contributed by atoms with Crippen molar-refractivity contribution in [2.24, 2.45) is 34.0 Å². The predicted molar refractivity (Wildman–Crippen MR) is 166 cm³/mol. The Bertz CT molecular complexity index is 1530. The van der Waals surface area contributed by atoms with Crippen LogP contribution >= 0.6 is 11.8 Å². The maximum atomic E-state index is 13.9. The van der Waals surface area contributed by atoms with Crippen LogP contribution in [0, 0.1) is 34.0 Å². The summed E-state index contributed by atoms with van der Waals surface area (Å²) in [6, 6.07) is 13.9. The maximum Gasteiger partial charge on any atom is 0.149 e. The molecule has 6 nitrogen and oxygen atoms in total. The van der Waals surface area contributed by atoms with Gasteiger partial charge in [-0.05, 0) is 115 Å². The van der Waals surface area contributed by atoms with E-state index in [4.69, 9.17) is 9.84 Å². The molecule has 42 heavy (non-hydrogen) atoms. The van der Waals surface area contributed by atoms with Crippen molar-refractivity contribution < 1.29 is 14.6 Å². The lowest BCUT2D eigenvalue weighted by molar-refractivity contribution is -0.154. The van der Waals surface area contributed by atoms with E-state index in [0.29, 0.717) is 29.8 Å². The summed E-state index contributed by atoms with van der Waals surface area (Å²) in [5.74, 6) is 2.63. The molecule has 3 aromatic rings. The summed E-state index contributed by atoms with van der Waals surface area (Å²) in [4.78, 5) is 18.3. The number of carbonyl (C=O) groups is 1. The van der Waals surface area contributed by atoms with Gasteiger partial charge in [-0.25, -0.2) is 9.67 Å². The molecule has 2 heterocycles. The van der Waals surface area contributed by atoms with Crippen LogP contribution in [0.3, 0.4) is 0 Å². The van der Waals surface area contributed by atoms with Gasteiger partial charge in [-0.1, -0.05) is 44.2 Å². The molecule has 0 bridgehead atoms.